The van der Waals surface area contributed by atoms with Crippen molar-refractivity contribution in [3.05, 3.63) is 51.7 Å². The summed E-state index contributed by atoms with van der Waals surface area (Å²) in [5.74, 6) is 0. The summed E-state index contributed by atoms with van der Waals surface area (Å²) in [5, 5.41) is 2.14. The van der Waals surface area contributed by atoms with Crippen LogP contribution in [0, 0.1) is 6.92 Å². The topological polar surface area (TPSA) is 29.3 Å². The van der Waals surface area contributed by atoms with Gasteiger partial charge in [0.25, 0.3) is 0 Å². The van der Waals surface area contributed by atoms with E-state index in [1.165, 1.54) is 34.5 Å². The highest BCUT2D eigenvalue weighted by Crippen LogP contribution is 2.37. The van der Waals surface area contributed by atoms with E-state index in [1.54, 1.807) is 0 Å². The average Bonchev–Trinajstić information content (AvgIpc) is 2.92. The molecule has 106 valence electrons. The van der Waals surface area contributed by atoms with Gasteiger partial charge in [-0.25, -0.2) is 0 Å². The Balaban J connectivity index is 2.02. The summed E-state index contributed by atoms with van der Waals surface area (Å²) in [5.41, 5.74) is 10.5. The highest BCUT2D eigenvalue weighted by Gasteiger charge is 2.28. The van der Waals surface area contributed by atoms with Crippen molar-refractivity contribution in [3.8, 4) is 0 Å². The molecule has 3 rings (SSSR count). The second-order valence-corrected chi connectivity index (χ2v) is 6.73. The number of benzene rings is 1. The second-order valence-electron chi connectivity index (χ2n) is 5.75. The number of aryl methyl sites for hydroxylation is 2. The van der Waals surface area contributed by atoms with Crippen molar-refractivity contribution in [1.29, 1.82) is 0 Å². The number of fused-ring (bicyclic) bond motifs is 1. The Labute approximate surface area is 125 Å². The van der Waals surface area contributed by atoms with Gasteiger partial charge in [-0.05, 0) is 49.8 Å². The zero-order valence-electron chi connectivity index (χ0n) is 12.2. The van der Waals surface area contributed by atoms with Crippen molar-refractivity contribution in [1.82, 2.24) is 0 Å². The van der Waals surface area contributed by atoms with E-state index >= 15 is 0 Å². The number of rotatable bonds is 3. The standard InChI is InChI=1S/C17H22N2S/c1-12-7-8-15-14(11-12)5-3-9-19(15)17(13(2)18)16-6-4-10-20-16/h4,6-8,10-11,13,17H,3,5,9,18H2,1-2H3. The predicted octanol–water partition coefficient (Wildman–Crippen LogP) is 3.90. The minimum Gasteiger partial charge on any atom is -0.362 e. The van der Waals surface area contributed by atoms with E-state index in [4.69, 9.17) is 5.73 Å². The van der Waals surface area contributed by atoms with Gasteiger partial charge in [0.05, 0.1) is 6.04 Å². The van der Waals surface area contributed by atoms with Crippen molar-refractivity contribution in [3.63, 3.8) is 0 Å². The van der Waals surface area contributed by atoms with Gasteiger partial charge in [-0.2, -0.15) is 0 Å². The molecule has 1 aromatic carbocycles. The smallest absolute Gasteiger partial charge is 0.0783 e. The van der Waals surface area contributed by atoms with Gasteiger partial charge in [-0.3, -0.25) is 0 Å². The first-order valence-electron chi connectivity index (χ1n) is 7.32. The fraction of sp³-hybridized carbons (Fsp3) is 0.412. The summed E-state index contributed by atoms with van der Waals surface area (Å²) in [6.45, 7) is 5.38. The van der Waals surface area contributed by atoms with E-state index < -0.39 is 0 Å². The van der Waals surface area contributed by atoms with E-state index in [2.05, 4.69) is 54.5 Å². The van der Waals surface area contributed by atoms with Crippen molar-refractivity contribution < 1.29 is 0 Å². The molecule has 0 fully saturated rings. The molecule has 1 aliphatic heterocycles. The zero-order valence-corrected chi connectivity index (χ0v) is 13.0. The molecule has 1 aromatic heterocycles. The molecule has 0 spiro atoms. The molecule has 0 bridgehead atoms. The Kier molecular flexibility index (Phi) is 3.81. The number of anilines is 1. The summed E-state index contributed by atoms with van der Waals surface area (Å²) in [6.07, 6.45) is 2.40. The lowest BCUT2D eigenvalue weighted by Gasteiger charge is -2.39. The Hall–Kier alpha value is -1.32. The fourth-order valence-electron chi connectivity index (χ4n) is 3.20. The molecule has 0 amide bonds. The van der Waals surface area contributed by atoms with Gasteiger partial charge in [0, 0.05) is 23.2 Å². The second kappa shape index (κ2) is 5.58. The van der Waals surface area contributed by atoms with E-state index in [0.717, 1.165) is 6.54 Å². The first-order chi connectivity index (χ1) is 9.66. The number of hydrogen-bond acceptors (Lipinski definition) is 3. The molecular weight excluding hydrogens is 264 g/mol. The molecule has 0 saturated carbocycles. The SMILES string of the molecule is Cc1ccc2c(c1)CCCN2C(c1cccs1)C(C)N. The van der Waals surface area contributed by atoms with Crippen molar-refractivity contribution in [2.24, 2.45) is 5.73 Å². The zero-order chi connectivity index (χ0) is 14.1. The number of thiophene rings is 1. The van der Waals surface area contributed by atoms with Crippen LogP contribution in [0.3, 0.4) is 0 Å². The van der Waals surface area contributed by atoms with Crippen LogP contribution >= 0.6 is 11.3 Å². The Bertz CT molecular complexity index is 575. The van der Waals surface area contributed by atoms with Crippen LogP contribution in [0.4, 0.5) is 5.69 Å². The molecule has 2 unspecified atom stereocenters. The van der Waals surface area contributed by atoms with Gasteiger partial charge in [0.2, 0.25) is 0 Å². The molecule has 0 saturated heterocycles. The van der Waals surface area contributed by atoms with Crippen LogP contribution < -0.4 is 10.6 Å². The molecular formula is C17H22N2S. The largest absolute Gasteiger partial charge is 0.362 e. The Morgan fingerprint density at radius 1 is 1.30 bits per heavy atom. The molecule has 3 heteroatoms. The monoisotopic (exact) mass is 286 g/mol. The number of nitrogens with zero attached hydrogens (tertiary/aromatic N) is 1. The number of hydrogen-bond donors (Lipinski definition) is 1. The van der Waals surface area contributed by atoms with Crippen LogP contribution in [0.15, 0.2) is 35.7 Å². The van der Waals surface area contributed by atoms with Gasteiger partial charge in [0.15, 0.2) is 0 Å². The van der Waals surface area contributed by atoms with E-state index in [9.17, 15) is 0 Å². The average molecular weight is 286 g/mol. The highest BCUT2D eigenvalue weighted by atomic mass is 32.1. The summed E-state index contributed by atoms with van der Waals surface area (Å²) in [7, 11) is 0. The minimum atomic E-state index is 0.126. The van der Waals surface area contributed by atoms with Crippen molar-refractivity contribution in [2.45, 2.75) is 38.8 Å². The Morgan fingerprint density at radius 2 is 2.15 bits per heavy atom. The molecule has 2 atom stereocenters. The van der Waals surface area contributed by atoms with Gasteiger partial charge in [-0.1, -0.05) is 23.8 Å². The minimum absolute atomic E-state index is 0.126. The van der Waals surface area contributed by atoms with Gasteiger partial charge in [0.1, 0.15) is 0 Å². The quantitative estimate of drug-likeness (QED) is 0.927. The summed E-state index contributed by atoms with van der Waals surface area (Å²) < 4.78 is 0. The molecule has 0 aliphatic carbocycles. The summed E-state index contributed by atoms with van der Waals surface area (Å²) in [6, 6.07) is 11.6. The van der Waals surface area contributed by atoms with Crippen LogP contribution in [0.2, 0.25) is 0 Å². The Morgan fingerprint density at radius 3 is 2.85 bits per heavy atom. The number of nitrogens with two attached hydrogens (primary N) is 1. The third-order valence-corrected chi connectivity index (χ3v) is 5.00. The van der Waals surface area contributed by atoms with Gasteiger partial charge >= 0.3 is 0 Å². The van der Waals surface area contributed by atoms with E-state index in [0.29, 0.717) is 0 Å². The van der Waals surface area contributed by atoms with Crippen LogP contribution in [-0.2, 0) is 6.42 Å². The molecule has 20 heavy (non-hydrogen) atoms. The molecule has 2 nitrogen and oxygen atoms in total. The third kappa shape index (κ3) is 2.48. The lowest BCUT2D eigenvalue weighted by molar-refractivity contribution is 0.516. The molecule has 2 N–H and O–H groups in total. The van der Waals surface area contributed by atoms with E-state index in [-0.39, 0.29) is 12.1 Å². The lowest BCUT2D eigenvalue weighted by Crippen LogP contribution is -2.41. The highest BCUT2D eigenvalue weighted by molar-refractivity contribution is 7.10. The van der Waals surface area contributed by atoms with Gasteiger partial charge < -0.3 is 10.6 Å². The van der Waals surface area contributed by atoms with Crippen molar-refractivity contribution >= 4 is 17.0 Å². The molecule has 0 radical (unpaired) electrons. The summed E-state index contributed by atoms with van der Waals surface area (Å²) in [4.78, 5) is 3.88. The van der Waals surface area contributed by atoms with Gasteiger partial charge in [-0.15, -0.1) is 11.3 Å². The maximum Gasteiger partial charge on any atom is 0.0783 e. The molecule has 2 aromatic rings. The van der Waals surface area contributed by atoms with Crippen LogP contribution in [0.5, 0.6) is 0 Å². The van der Waals surface area contributed by atoms with Crippen LogP contribution in [0.25, 0.3) is 0 Å². The predicted molar refractivity (Wildman–Crippen MR) is 87.6 cm³/mol. The molecule has 1 aliphatic rings. The fourth-order valence-corrected chi connectivity index (χ4v) is 4.15. The third-order valence-electron chi connectivity index (χ3n) is 4.06. The van der Waals surface area contributed by atoms with Crippen LogP contribution in [0.1, 0.15) is 35.4 Å². The summed E-state index contributed by atoms with van der Waals surface area (Å²) >= 11 is 1.81. The first-order valence-corrected chi connectivity index (χ1v) is 8.20. The maximum absolute atomic E-state index is 6.31. The maximum atomic E-state index is 6.31. The van der Waals surface area contributed by atoms with Crippen molar-refractivity contribution in [2.75, 3.05) is 11.4 Å². The van der Waals surface area contributed by atoms with E-state index in [1.807, 2.05) is 11.3 Å². The molecule has 2 heterocycles. The first kappa shape index (κ1) is 13.7. The lowest BCUT2D eigenvalue weighted by atomic mass is 9.96. The van der Waals surface area contributed by atoms with Crippen LogP contribution in [-0.4, -0.2) is 12.6 Å². The normalized spacial score (nSPS) is 17.6.